The lowest BCUT2D eigenvalue weighted by atomic mass is 10.1. The second-order valence-electron chi connectivity index (χ2n) is 4.23. The summed E-state index contributed by atoms with van der Waals surface area (Å²) in [5.74, 6) is -0.880. The summed E-state index contributed by atoms with van der Waals surface area (Å²) < 4.78 is 33.3. The third kappa shape index (κ3) is 3.09. The van der Waals surface area contributed by atoms with Crippen molar-refractivity contribution in [2.75, 3.05) is 6.61 Å². The third-order valence-electron chi connectivity index (χ3n) is 2.90. The fourth-order valence-electron chi connectivity index (χ4n) is 1.85. The highest BCUT2D eigenvalue weighted by Gasteiger charge is 2.41. The van der Waals surface area contributed by atoms with Crippen molar-refractivity contribution in [2.24, 2.45) is 0 Å². The molecule has 0 radical (unpaired) electrons. The molecular formula is C12H12Cl2O5S. The van der Waals surface area contributed by atoms with E-state index >= 15 is 0 Å². The fraction of sp³-hybridized carbons (Fsp3) is 0.417. The molecule has 0 saturated carbocycles. The average Bonchev–Trinajstić information content (AvgIpc) is 2.34. The van der Waals surface area contributed by atoms with Crippen LogP contribution >= 0.6 is 22.3 Å². The molecule has 0 bridgehead atoms. The van der Waals surface area contributed by atoms with Gasteiger partial charge in [-0.25, -0.2) is 13.2 Å². The van der Waals surface area contributed by atoms with Gasteiger partial charge in [-0.1, -0.05) is 19.1 Å². The molecule has 20 heavy (non-hydrogen) atoms. The SMILES string of the molecule is CCc1cccc(C(=O)OC2(Cl)CCO2)c1S(=O)(=O)Cl. The number of halogens is 2. The van der Waals surface area contributed by atoms with Crippen LogP contribution in [-0.2, 0) is 24.9 Å². The van der Waals surface area contributed by atoms with Crippen molar-refractivity contribution in [2.45, 2.75) is 29.9 Å². The van der Waals surface area contributed by atoms with Crippen molar-refractivity contribution >= 4 is 37.3 Å². The van der Waals surface area contributed by atoms with E-state index < -0.39 is 20.3 Å². The van der Waals surface area contributed by atoms with Crippen LogP contribution < -0.4 is 0 Å². The first-order valence-electron chi connectivity index (χ1n) is 5.89. The van der Waals surface area contributed by atoms with Crippen LogP contribution in [-0.4, -0.2) is 26.2 Å². The van der Waals surface area contributed by atoms with E-state index in [2.05, 4.69) is 0 Å². The fourth-order valence-corrected chi connectivity index (χ4v) is 3.56. The van der Waals surface area contributed by atoms with E-state index in [1.165, 1.54) is 6.07 Å². The van der Waals surface area contributed by atoms with E-state index in [9.17, 15) is 13.2 Å². The lowest BCUT2D eigenvalue weighted by Crippen LogP contribution is -2.42. The summed E-state index contributed by atoms with van der Waals surface area (Å²) in [6, 6.07) is 4.47. The van der Waals surface area contributed by atoms with E-state index in [1.54, 1.807) is 19.1 Å². The first-order chi connectivity index (χ1) is 9.27. The summed E-state index contributed by atoms with van der Waals surface area (Å²) in [5, 5.41) is -1.51. The van der Waals surface area contributed by atoms with Gasteiger partial charge in [0.1, 0.15) is 4.90 Å². The zero-order chi connectivity index (χ0) is 15.0. The van der Waals surface area contributed by atoms with Crippen LogP contribution in [0.1, 0.15) is 29.3 Å². The van der Waals surface area contributed by atoms with Gasteiger partial charge in [-0.3, -0.25) is 0 Å². The summed E-state index contributed by atoms with van der Waals surface area (Å²) in [7, 11) is 1.33. The van der Waals surface area contributed by atoms with Crippen LogP contribution in [0.15, 0.2) is 23.1 Å². The summed E-state index contributed by atoms with van der Waals surface area (Å²) in [5.41, 5.74) is 0.294. The second-order valence-corrected chi connectivity index (χ2v) is 7.31. The van der Waals surface area contributed by atoms with Crippen molar-refractivity contribution in [3.05, 3.63) is 29.3 Å². The predicted molar refractivity (Wildman–Crippen MR) is 73.4 cm³/mol. The quantitative estimate of drug-likeness (QED) is 0.479. The Morgan fingerprint density at radius 3 is 2.60 bits per heavy atom. The maximum absolute atomic E-state index is 12.1. The van der Waals surface area contributed by atoms with Crippen LogP contribution in [0.3, 0.4) is 0 Å². The predicted octanol–water partition coefficient (Wildman–Crippen LogP) is 2.65. The number of carbonyl (C=O) groups excluding carboxylic acids is 1. The van der Waals surface area contributed by atoms with Crippen LogP contribution in [0.4, 0.5) is 0 Å². The smallest absolute Gasteiger partial charge is 0.342 e. The number of benzene rings is 1. The van der Waals surface area contributed by atoms with E-state index in [1.807, 2.05) is 0 Å². The molecule has 0 N–H and O–H groups in total. The Morgan fingerprint density at radius 2 is 2.15 bits per heavy atom. The van der Waals surface area contributed by atoms with Crippen molar-refractivity contribution in [1.29, 1.82) is 0 Å². The number of esters is 1. The van der Waals surface area contributed by atoms with Crippen molar-refractivity contribution < 1.29 is 22.7 Å². The van der Waals surface area contributed by atoms with Gasteiger partial charge in [0.05, 0.1) is 18.6 Å². The molecule has 1 fully saturated rings. The highest BCUT2D eigenvalue weighted by molar-refractivity contribution is 8.13. The highest BCUT2D eigenvalue weighted by atomic mass is 35.7. The summed E-state index contributed by atoms with van der Waals surface area (Å²) >= 11 is 5.84. The number of hydrogen-bond donors (Lipinski definition) is 0. The standard InChI is InChI=1S/C12H12Cl2O5S/c1-2-8-4-3-5-9(10(8)20(14,16)17)11(15)19-12(13)6-7-18-12/h3-5H,2,6-7H2,1H3. The molecule has 1 atom stereocenters. The molecule has 0 aromatic heterocycles. The minimum atomic E-state index is -4.08. The molecule has 1 heterocycles. The van der Waals surface area contributed by atoms with Gasteiger partial charge >= 0.3 is 5.97 Å². The Hall–Kier alpha value is -0.820. The molecule has 1 aromatic carbocycles. The average molecular weight is 339 g/mol. The first kappa shape index (κ1) is 15.6. The largest absolute Gasteiger partial charge is 0.414 e. The normalized spacial score (nSPS) is 22.1. The number of alkyl halides is 1. The van der Waals surface area contributed by atoms with E-state index in [-0.39, 0.29) is 10.5 Å². The molecule has 0 amide bonds. The van der Waals surface area contributed by atoms with Crippen molar-refractivity contribution in [3.8, 4) is 0 Å². The molecule has 1 unspecified atom stereocenters. The van der Waals surface area contributed by atoms with Crippen LogP contribution in [0.5, 0.6) is 0 Å². The molecule has 0 aliphatic carbocycles. The molecule has 110 valence electrons. The molecule has 5 nitrogen and oxygen atoms in total. The maximum atomic E-state index is 12.1. The van der Waals surface area contributed by atoms with Gasteiger partial charge < -0.3 is 9.47 Å². The van der Waals surface area contributed by atoms with E-state index in [0.717, 1.165) is 0 Å². The Bertz CT molecular complexity index is 637. The van der Waals surface area contributed by atoms with Gasteiger partial charge in [-0.15, -0.1) is 0 Å². The molecular weight excluding hydrogens is 327 g/mol. The minimum absolute atomic E-state index is 0.144. The monoisotopic (exact) mass is 338 g/mol. The molecule has 1 aliphatic rings. The summed E-state index contributed by atoms with van der Waals surface area (Å²) in [4.78, 5) is 11.8. The number of aryl methyl sites for hydroxylation is 1. The first-order valence-corrected chi connectivity index (χ1v) is 8.58. The summed E-state index contributed by atoms with van der Waals surface area (Å²) in [6.45, 7) is 2.14. The summed E-state index contributed by atoms with van der Waals surface area (Å²) in [6.07, 6.45) is 0.752. The zero-order valence-corrected chi connectivity index (χ0v) is 12.9. The number of hydrogen-bond acceptors (Lipinski definition) is 5. The maximum Gasteiger partial charge on any atom is 0.342 e. The van der Waals surface area contributed by atoms with Crippen molar-refractivity contribution in [1.82, 2.24) is 0 Å². The molecule has 8 heteroatoms. The number of rotatable bonds is 4. The Morgan fingerprint density at radius 1 is 1.50 bits per heavy atom. The molecule has 0 spiro atoms. The second kappa shape index (κ2) is 5.52. The van der Waals surface area contributed by atoms with Crippen LogP contribution in [0.25, 0.3) is 0 Å². The van der Waals surface area contributed by atoms with Gasteiger partial charge in [0.2, 0.25) is 0 Å². The molecule has 1 saturated heterocycles. The zero-order valence-electron chi connectivity index (χ0n) is 10.6. The molecule has 1 aliphatic heterocycles. The third-order valence-corrected chi connectivity index (χ3v) is 4.71. The van der Waals surface area contributed by atoms with Gasteiger partial charge in [-0.05, 0) is 29.7 Å². The minimum Gasteiger partial charge on any atom is -0.414 e. The van der Waals surface area contributed by atoms with E-state index in [4.69, 9.17) is 31.8 Å². The lowest BCUT2D eigenvalue weighted by molar-refractivity contribution is -0.220. The molecule has 2 rings (SSSR count). The van der Waals surface area contributed by atoms with Gasteiger partial charge in [0.15, 0.2) is 0 Å². The van der Waals surface area contributed by atoms with Crippen LogP contribution in [0.2, 0.25) is 0 Å². The Kier molecular flexibility index (Phi) is 4.30. The Balaban J connectivity index is 2.43. The van der Waals surface area contributed by atoms with Crippen LogP contribution in [0, 0.1) is 0 Å². The van der Waals surface area contributed by atoms with Crippen molar-refractivity contribution in [3.63, 3.8) is 0 Å². The Labute approximate surface area is 126 Å². The topological polar surface area (TPSA) is 69.7 Å². The van der Waals surface area contributed by atoms with E-state index in [0.29, 0.717) is 25.0 Å². The van der Waals surface area contributed by atoms with Gasteiger partial charge in [0, 0.05) is 10.7 Å². The van der Waals surface area contributed by atoms with Gasteiger partial charge in [0.25, 0.3) is 14.3 Å². The lowest BCUT2D eigenvalue weighted by Gasteiger charge is -2.34. The molecule has 1 aromatic rings. The number of ether oxygens (including phenoxy) is 2. The number of carbonyl (C=O) groups is 1. The van der Waals surface area contributed by atoms with Gasteiger partial charge in [-0.2, -0.15) is 0 Å². The highest BCUT2D eigenvalue weighted by Crippen LogP contribution is 2.34.